The molecule has 0 saturated carbocycles. The third-order valence-corrected chi connectivity index (χ3v) is 8.18. The molecule has 0 fully saturated rings. The van der Waals surface area contributed by atoms with Crippen molar-refractivity contribution in [3.05, 3.63) is 79.2 Å². The van der Waals surface area contributed by atoms with E-state index < -0.39 is 22.7 Å². The van der Waals surface area contributed by atoms with Gasteiger partial charge in [-0.25, -0.2) is 4.79 Å². The maximum atomic E-state index is 14.0. The van der Waals surface area contributed by atoms with Gasteiger partial charge >= 0.3 is 5.97 Å². The number of benzene rings is 2. The van der Waals surface area contributed by atoms with Crippen LogP contribution in [0.5, 0.6) is 0 Å². The van der Waals surface area contributed by atoms with Gasteiger partial charge in [-0.15, -0.1) is 0 Å². The van der Waals surface area contributed by atoms with E-state index in [1.807, 2.05) is 26.8 Å². The van der Waals surface area contributed by atoms with Crippen LogP contribution < -0.4 is 16.0 Å². The third-order valence-electron chi connectivity index (χ3n) is 7.16. The van der Waals surface area contributed by atoms with Gasteiger partial charge in [0.2, 0.25) is 5.91 Å². The summed E-state index contributed by atoms with van der Waals surface area (Å²) >= 11 is 19.2. The number of methoxy groups -OCH3 is 1. The summed E-state index contributed by atoms with van der Waals surface area (Å²) in [4.78, 5) is 43.0. The molecular formula is C27H24Cl3N3O4. The molecule has 0 saturated heterocycles. The lowest BCUT2D eigenvalue weighted by Crippen LogP contribution is -2.54. The van der Waals surface area contributed by atoms with Crippen molar-refractivity contribution < 1.29 is 19.1 Å². The largest absolute Gasteiger partial charge is 0.466 e. The highest BCUT2D eigenvalue weighted by Gasteiger charge is 2.63. The van der Waals surface area contributed by atoms with E-state index in [0.717, 1.165) is 5.56 Å². The van der Waals surface area contributed by atoms with Crippen molar-refractivity contribution in [2.75, 3.05) is 17.3 Å². The zero-order valence-electron chi connectivity index (χ0n) is 20.6. The summed E-state index contributed by atoms with van der Waals surface area (Å²) in [6.45, 7) is 5.78. The van der Waals surface area contributed by atoms with Crippen LogP contribution in [0.15, 0.2) is 53.0 Å². The van der Waals surface area contributed by atoms with E-state index in [1.54, 1.807) is 12.1 Å². The third kappa shape index (κ3) is 3.59. The molecule has 2 aliphatic heterocycles. The van der Waals surface area contributed by atoms with E-state index >= 15 is 0 Å². The number of hydrogen-bond donors (Lipinski definition) is 2. The first-order chi connectivity index (χ1) is 17.3. The number of esters is 1. The number of fused-ring (bicyclic) bond motifs is 3. The number of carbonyl (C=O) groups is 3. The Balaban J connectivity index is 1.96. The lowest BCUT2D eigenvalue weighted by Gasteiger charge is -2.47. The summed E-state index contributed by atoms with van der Waals surface area (Å²) in [5.41, 5.74) is 7.15. The zero-order chi connectivity index (χ0) is 27.0. The van der Waals surface area contributed by atoms with Crippen molar-refractivity contribution in [1.82, 2.24) is 0 Å². The van der Waals surface area contributed by atoms with E-state index in [1.165, 1.54) is 24.1 Å². The SMILES string of the molecule is COC(=O)C1=C(N)N(c2cc(Cl)c(Cl)cc2Cl)C2=C(C(=O)CC(C)(C)C2)C12C(=O)Nc1ccc(C)cc12. The fourth-order valence-electron chi connectivity index (χ4n) is 5.71. The molecule has 37 heavy (non-hydrogen) atoms. The highest BCUT2D eigenvalue weighted by atomic mass is 35.5. The summed E-state index contributed by atoms with van der Waals surface area (Å²) in [7, 11) is 1.20. The highest BCUT2D eigenvalue weighted by Crippen LogP contribution is 2.58. The van der Waals surface area contributed by atoms with Crippen molar-refractivity contribution >= 4 is 63.8 Å². The zero-order valence-corrected chi connectivity index (χ0v) is 22.9. The van der Waals surface area contributed by atoms with Crippen LogP contribution in [-0.4, -0.2) is 24.8 Å². The number of ketones is 1. The maximum absolute atomic E-state index is 14.0. The van der Waals surface area contributed by atoms with E-state index in [0.29, 0.717) is 29.1 Å². The Kier molecular flexibility index (Phi) is 5.90. The minimum absolute atomic E-state index is 0.0825. The lowest BCUT2D eigenvalue weighted by atomic mass is 9.60. The number of carbonyl (C=O) groups excluding carboxylic acids is 3. The molecule has 1 unspecified atom stereocenters. The number of Topliss-reactive ketones (excluding diaryl/α,β-unsaturated/α-hetero) is 1. The number of amides is 1. The molecule has 1 aliphatic carbocycles. The van der Waals surface area contributed by atoms with Gasteiger partial charge in [-0.3, -0.25) is 14.5 Å². The second-order valence-corrected chi connectivity index (χ2v) is 11.5. The van der Waals surface area contributed by atoms with E-state index in [9.17, 15) is 14.4 Å². The van der Waals surface area contributed by atoms with Gasteiger partial charge in [-0.05, 0) is 37.0 Å². The molecule has 1 spiro atoms. The van der Waals surface area contributed by atoms with E-state index in [4.69, 9.17) is 45.3 Å². The topological polar surface area (TPSA) is 102 Å². The molecule has 2 aromatic rings. The van der Waals surface area contributed by atoms with Crippen LogP contribution in [0.3, 0.4) is 0 Å². The highest BCUT2D eigenvalue weighted by molar-refractivity contribution is 6.44. The molecule has 10 heteroatoms. The van der Waals surface area contributed by atoms with Crippen LogP contribution in [0.4, 0.5) is 11.4 Å². The van der Waals surface area contributed by atoms with Crippen molar-refractivity contribution in [3.8, 4) is 0 Å². The minimum atomic E-state index is -1.79. The molecule has 2 heterocycles. The van der Waals surface area contributed by atoms with Crippen LogP contribution in [0.1, 0.15) is 37.8 Å². The summed E-state index contributed by atoms with van der Waals surface area (Å²) in [5.74, 6) is -1.74. The van der Waals surface area contributed by atoms with Gasteiger partial charge in [0.05, 0.1) is 27.9 Å². The number of nitrogens with two attached hydrogens (primary N) is 1. The molecular weight excluding hydrogens is 537 g/mol. The smallest absolute Gasteiger partial charge is 0.339 e. The Morgan fingerprint density at radius 2 is 1.73 bits per heavy atom. The number of rotatable bonds is 2. The number of nitrogens with zero attached hydrogens (tertiary/aromatic N) is 1. The molecule has 192 valence electrons. The molecule has 1 atom stereocenters. The predicted molar refractivity (Wildman–Crippen MR) is 144 cm³/mol. The van der Waals surface area contributed by atoms with Crippen LogP contribution in [0.25, 0.3) is 0 Å². The Labute approximate surface area is 229 Å². The van der Waals surface area contributed by atoms with Crippen LogP contribution >= 0.6 is 34.8 Å². The van der Waals surface area contributed by atoms with Crippen molar-refractivity contribution in [2.45, 2.75) is 39.0 Å². The first kappa shape index (κ1) is 25.6. The number of aryl methyl sites for hydroxylation is 1. The Bertz CT molecular complexity index is 1490. The van der Waals surface area contributed by atoms with Crippen LogP contribution in [0, 0.1) is 12.3 Å². The molecule has 0 bridgehead atoms. The Morgan fingerprint density at radius 3 is 2.41 bits per heavy atom. The number of allylic oxidation sites excluding steroid dienone is 1. The second kappa shape index (κ2) is 8.51. The summed E-state index contributed by atoms with van der Waals surface area (Å²) in [5, 5.41) is 3.50. The maximum Gasteiger partial charge on any atom is 0.339 e. The molecule has 5 rings (SSSR count). The minimum Gasteiger partial charge on any atom is -0.466 e. The van der Waals surface area contributed by atoms with Crippen molar-refractivity contribution in [2.24, 2.45) is 11.1 Å². The lowest BCUT2D eigenvalue weighted by molar-refractivity contribution is -0.138. The van der Waals surface area contributed by atoms with Gasteiger partial charge < -0.3 is 15.8 Å². The Hall–Kier alpha value is -3.00. The fourth-order valence-corrected chi connectivity index (χ4v) is 6.33. The van der Waals surface area contributed by atoms with Crippen molar-refractivity contribution in [3.63, 3.8) is 0 Å². The summed E-state index contributed by atoms with van der Waals surface area (Å²) in [6.07, 6.45) is 0.537. The number of ether oxygens (including phenoxy) is 1. The molecule has 3 aliphatic rings. The first-order valence-electron chi connectivity index (χ1n) is 11.6. The monoisotopic (exact) mass is 559 g/mol. The standard InChI is InChI=1S/C27H24Cl3N3O4/c1-12-5-6-17-13(7-12)27(25(36)32-17)21-19(10-26(2,3)11-20(21)34)33(23(31)22(27)24(35)37-4)18-9-15(29)14(28)8-16(18)30/h5-9H,10-11,31H2,1-4H3,(H,32,36). The van der Waals surface area contributed by atoms with E-state index in [-0.39, 0.29) is 44.2 Å². The normalized spacial score (nSPS) is 22.3. The average molecular weight is 561 g/mol. The summed E-state index contributed by atoms with van der Waals surface area (Å²) in [6, 6.07) is 8.38. The quantitative estimate of drug-likeness (QED) is 0.363. The van der Waals surface area contributed by atoms with Crippen LogP contribution in [0.2, 0.25) is 15.1 Å². The number of nitrogens with one attached hydrogen (secondary N) is 1. The van der Waals surface area contributed by atoms with Gasteiger partial charge in [0.25, 0.3) is 0 Å². The number of anilines is 2. The summed E-state index contributed by atoms with van der Waals surface area (Å²) < 4.78 is 5.16. The average Bonchev–Trinajstić information content (AvgIpc) is 3.07. The molecule has 2 aromatic carbocycles. The first-order valence-corrected chi connectivity index (χ1v) is 12.7. The number of hydrogen-bond acceptors (Lipinski definition) is 6. The van der Waals surface area contributed by atoms with Gasteiger partial charge in [-0.2, -0.15) is 0 Å². The van der Waals surface area contributed by atoms with Crippen molar-refractivity contribution in [1.29, 1.82) is 0 Å². The molecule has 0 radical (unpaired) electrons. The van der Waals surface area contributed by atoms with Gasteiger partial charge in [0, 0.05) is 28.9 Å². The van der Waals surface area contributed by atoms with Gasteiger partial charge in [0.15, 0.2) is 5.78 Å². The predicted octanol–water partition coefficient (Wildman–Crippen LogP) is 5.65. The second-order valence-electron chi connectivity index (χ2n) is 10.3. The Morgan fingerprint density at radius 1 is 1.05 bits per heavy atom. The van der Waals surface area contributed by atoms with Gasteiger partial charge in [0.1, 0.15) is 16.8 Å². The van der Waals surface area contributed by atoms with E-state index in [2.05, 4.69) is 5.32 Å². The number of halogens is 3. The molecule has 3 N–H and O–H groups in total. The molecule has 1 amide bonds. The fraction of sp³-hybridized carbons (Fsp3) is 0.296. The molecule has 7 nitrogen and oxygen atoms in total. The molecule has 0 aromatic heterocycles. The van der Waals surface area contributed by atoms with Gasteiger partial charge in [-0.1, -0.05) is 66.3 Å². The van der Waals surface area contributed by atoms with Crippen LogP contribution in [-0.2, 0) is 24.5 Å².